The zero-order chi connectivity index (χ0) is 13.0. The third kappa shape index (κ3) is 3.57. The molecule has 98 valence electrons. The summed E-state index contributed by atoms with van der Waals surface area (Å²) in [5, 5.41) is 3.45. The number of aromatic amines is 1. The maximum Gasteiger partial charge on any atom is 0.104 e. The number of nitrogens with one attached hydrogen (secondary N) is 2. The first kappa shape index (κ1) is 13.1. The van der Waals surface area contributed by atoms with Crippen molar-refractivity contribution in [2.24, 2.45) is 0 Å². The molecule has 1 aromatic carbocycles. The first-order valence-corrected chi connectivity index (χ1v) is 6.84. The zero-order valence-electron chi connectivity index (χ0n) is 11.6. The van der Waals surface area contributed by atoms with E-state index in [1.54, 1.807) is 0 Å². The van der Waals surface area contributed by atoms with Crippen LogP contribution in [0.2, 0.25) is 0 Å². The van der Waals surface area contributed by atoms with E-state index in [2.05, 4.69) is 47.3 Å². The van der Waals surface area contributed by atoms with Gasteiger partial charge in [-0.3, -0.25) is 0 Å². The van der Waals surface area contributed by atoms with Gasteiger partial charge in [0.2, 0.25) is 0 Å². The van der Waals surface area contributed by atoms with Gasteiger partial charge in [0.25, 0.3) is 0 Å². The van der Waals surface area contributed by atoms with Gasteiger partial charge in [0.1, 0.15) is 5.82 Å². The summed E-state index contributed by atoms with van der Waals surface area (Å²) in [7, 11) is 0. The second kappa shape index (κ2) is 6.01. The maximum atomic E-state index is 4.42. The van der Waals surface area contributed by atoms with Gasteiger partial charge in [0.15, 0.2) is 0 Å². The van der Waals surface area contributed by atoms with E-state index in [9.17, 15) is 0 Å². The number of benzene rings is 1. The number of fused-ring (bicyclic) bond motifs is 1. The van der Waals surface area contributed by atoms with E-state index in [1.165, 1.54) is 18.4 Å². The molecule has 0 saturated heterocycles. The van der Waals surface area contributed by atoms with Gasteiger partial charge in [-0.25, -0.2) is 4.98 Å². The summed E-state index contributed by atoms with van der Waals surface area (Å²) >= 11 is 0. The number of nitrogens with zero attached hydrogens (tertiary/aromatic N) is 1. The fraction of sp³-hybridized carbons (Fsp3) is 0.533. The van der Waals surface area contributed by atoms with Crippen LogP contribution < -0.4 is 5.32 Å². The van der Waals surface area contributed by atoms with Crippen LogP contribution in [0.3, 0.4) is 0 Å². The monoisotopic (exact) mass is 245 g/mol. The average Bonchev–Trinajstić information content (AvgIpc) is 2.67. The van der Waals surface area contributed by atoms with Crippen LogP contribution in [-0.2, 0) is 6.42 Å². The summed E-state index contributed by atoms with van der Waals surface area (Å²) in [6, 6.07) is 7.12. The largest absolute Gasteiger partial charge is 0.342 e. The molecular formula is C15H23N3. The molecule has 0 aliphatic carbocycles. The van der Waals surface area contributed by atoms with E-state index >= 15 is 0 Å². The molecule has 2 N–H and O–H groups in total. The maximum absolute atomic E-state index is 4.42. The number of unbranched alkanes of at least 4 members (excludes halogenated alkanes) is 1. The molecule has 0 spiro atoms. The van der Waals surface area contributed by atoms with Crippen LogP contribution in [0, 0.1) is 6.92 Å². The van der Waals surface area contributed by atoms with E-state index in [4.69, 9.17) is 0 Å². The summed E-state index contributed by atoms with van der Waals surface area (Å²) in [6.45, 7) is 7.49. The van der Waals surface area contributed by atoms with Gasteiger partial charge in [0.05, 0.1) is 11.0 Å². The Kier molecular flexibility index (Phi) is 4.37. The average molecular weight is 245 g/mol. The highest BCUT2D eigenvalue weighted by molar-refractivity contribution is 5.75. The Morgan fingerprint density at radius 1 is 1.28 bits per heavy atom. The molecule has 3 heteroatoms. The SMILES string of the molecule is Cc1nc2ccc(CCCCNC(C)C)cc2[nH]1. The van der Waals surface area contributed by atoms with Crippen molar-refractivity contribution < 1.29 is 0 Å². The topological polar surface area (TPSA) is 40.7 Å². The Labute approximate surface area is 109 Å². The van der Waals surface area contributed by atoms with Crippen molar-refractivity contribution in [1.82, 2.24) is 15.3 Å². The van der Waals surface area contributed by atoms with E-state index in [0.29, 0.717) is 6.04 Å². The Bertz CT molecular complexity index is 499. The lowest BCUT2D eigenvalue weighted by Gasteiger charge is -2.07. The molecule has 3 nitrogen and oxygen atoms in total. The third-order valence-corrected chi connectivity index (χ3v) is 3.11. The Balaban J connectivity index is 1.84. The van der Waals surface area contributed by atoms with Crippen LogP contribution in [0.5, 0.6) is 0 Å². The zero-order valence-corrected chi connectivity index (χ0v) is 11.6. The summed E-state index contributed by atoms with van der Waals surface area (Å²) in [5.41, 5.74) is 3.62. The van der Waals surface area contributed by atoms with Crippen LogP contribution >= 0.6 is 0 Å². The predicted octanol–water partition coefficient (Wildman–Crippen LogP) is 3.19. The smallest absolute Gasteiger partial charge is 0.104 e. The van der Waals surface area contributed by atoms with Gasteiger partial charge in [-0.1, -0.05) is 19.9 Å². The molecule has 1 heterocycles. The number of hydrogen-bond acceptors (Lipinski definition) is 2. The van der Waals surface area contributed by atoms with Crippen molar-refractivity contribution in [3.8, 4) is 0 Å². The summed E-state index contributed by atoms with van der Waals surface area (Å²) < 4.78 is 0. The lowest BCUT2D eigenvalue weighted by atomic mass is 10.1. The second-order valence-corrected chi connectivity index (χ2v) is 5.24. The van der Waals surface area contributed by atoms with Crippen molar-refractivity contribution in [3.63, 3.8) is 0 Å². The summed E-state index contributed by atoms with van der Waals surface area (Å²) in [5.74, 6) is 0.989. The van der Waals surface area contributed by atoms with Crippen LogP contribution in [0.4, 0.5) is 0 Å². The molecule has 2 aromatic rings. The van der Waals surface area contributed by atoms with Gasteiger partial charge in [-0.15, -0.1) is 0 Å². The number of H-pyrrole nitrogens is 1. The van der Waals surface area contributed by atoms with E-state index in [-0.39, 0.29) is 0 Å². The molecule has 0 aliphatic rings. The minimum atomic E-state index is 0.592. The molecule has 0 amide bonds. The number of aryl methyl sites for hydroxylation is 2. The number of aromatic nitrogens is 2. The minimum Gasteiger partial charge on any atom is -0.342 e. The molecule has 0 fully saturated rings. The Hall–Kier alpha value is -1.35. The third-order valence-electron chi connectivity index (χ3n) is 3.11. The number of hydrogen-bond donors (Lipinski definition) is 2. The van der Waals surface area contributed by atoms with Gasteiger partial charge in [-0.2, -0.15) is 0 Å². The highest BCUT2D eigenvalue weighted by Gasteiger charge is 2.01. The van der Waals surface area contributed by atoms with Gasteiger partial charge >= 0.3 is 0 Å². The van der Waals surface area contributed by atoms with Gasteiger partial charge in [0, 0.05) is 6.04 Å². The molecule has 0 saturated carbocycles. The van der Waals surface area contributed by atoms with E-state index < -0.39 is 0 Å². The quantitative estimate of drug-likeness (QED) is 0.767. The first-order chi connectivity index (χ1) is 8.65. The predicted molar refractivity (Wildman–Crippen MR) is 76.9 cm³/mol. The molecule has 18 heavy (non-hydrogen) atoms. The highest BCUT2D eigenvalue weighted by atomic mass is 14.9. The Morgan fingerprint density at radius 3 is 2.89 bits per heavy atom. The Morgan fingerprint density at radius 2 is 2.11 bits per heavy atom. The molecule has 0 unspecified atom stereocenters. The van der Waals surface area contributed by atoms with Gasteiger partial charge in [-0.05, 0) is 50.4 Å². The van der Waals surface area contributed by atoms with Crippen LogP contribution in [0.1, 0.15) is 38.1 Å². The second-order valence-electron chi connectivity index (χ2n) is 5.24. The first-order valence-electron chi connectivity index (χ1n) is 6.84. The summed E-state index contributed by atoms with van der Waals surface area (Å²) in [6.07, 6.45) is 3.62. The molecule has 0 radical (unpaired) electrons. The van der Waals surface area contributed by atoms with Crippen LogP contribution in [0.25, 0.3) is 11.0 Å². The van der Waals surface area contributed by atoms with Crippen molar-refractivity contribution in [1.29, 1.82) is 0 Å². The standard InChI is InChI=1S/C15H23N3/c1-11(2)16-9-5-4-6-13-7-8-14-15(10-13)18-12(3)17-14/h7-8,10-11,16H,4-6,9H2,1-3H3,(H,17,18). The fourth-order valence-corrected chi connectivity index (χ4v) is 2.18. The lowest BCUT2D eigenvalue weighted by Crippen LogP contribution is -2.23. The number of imidazole rings is 1. The van der Waals surface area contributed by atoms with E-state index in [1.807, 2.05) is 6.92 Å². The molecule has 0 aliphatic heterocycles. The van der Waals surface area contributed by atoms with Crippen molar-refractivity contribution in [2.75, 3.05) is 6.54 Å². The highest BCUT2D eigenvalue weighted by Crippen LogP contribution is 2.15. The molecular weight excluding hydrogens is 222 g/mol. The molecule has 1 aromatic heterocycles. The van der Waals surface area contributed by atoms with E-state index in [0.717, 1.165) is 29.8 Å². The lowest BCUT2D eigenvalue weighted by molar-refractivity contribution is 0.557. The summed E-state index contributed by atoms with van der Waals surface area (Å²) in [4.78, 5) is 7.71. The van der Waals surface area contributed by atoms with Gasteiger partial charge < -0.3 is 10.3 Å². The van der Waals surface area contributed by atoms with Crippen molar-refractivity contribution >= 4 is 11.0 Å². The van der Waals surface area contributed by atoms with Crippen LogP contribution in [0.15, 0.2) is 18.2 Å². The van der Waals surface area contributed by atoms with Crippen LogP contribution in [-0.4, -0.2) is 22.6 Å². The number of rotatable bonds is 6. The normalized spacial score (nSPS) is 11.6. The minimum absolute atomic E-state index is 0.592. The van der Waals surface area contributed by atoms with Crippen molar-refractivity contribution in [3.05, 3.63) is 29.6 Å². The molecule has 0 bridgehead atoms. The molecule has 0 atom stereocenters. The molecule has 2 rings (SSSR count). The fourth-order valence-electron chi connectivity index (χ4n) is 2.18. The van der Waals surface area contributed by atoms with Crippen molar-refractivity contribution in [2.45, 2.75) is 46.1 Å².